The molecule has 0 saturated heterocycles. The van der Waals surface area contributed by atoms with E-state index in [0.29, 0.717) is 12.8 Å². The largest absolute Gasteiger partial charge is 0.300 e. The van der Waals surface area contributed by atoms with Crippen LogP contribution < -0.4 is 0 Å². The Morgan fingerprint density at radius 1 is 1.40 bits per heavy atom. The van der Waals surface area contributed by atoms with Crippen LogP contribution in [0, 0.1) is 0 Å². The summed E-state index contributed by atoms with van der Waals surface area (Å²) in [5, 5.41) is 0. The summed E-state index contributed by atoms with van der Waals surface area (Å²) in [6, 6.07) is 6.22. The summed E-state index contributed by atoms with van der Waals surface area (Å²) in [6.45, 7) is 2.37. The van der Waals surface area contributed by atoms with Crippen molar-refractivity contribution >= 4 is 5.78 Å². The molecule has 1 rings (SSSR count). The molecule has 1 aromatic carbocycles. The van der Waals surface area contributed by atoms with Crippen LogP contribution in [-0.2, 0) is 17.1 Å². The molecule has 0 fully saturated rings. The Labute approximate surface area is 88.1 Å². The molecule has 0 spiro atoms. The molecule has 1 aromatic rings. The number of alkyl halides is 2. The highest BCUT2D eigenvalue weighted by molar-refractivity contribution is 5.75. The number of halogens is 2. The number of aryl methyl sites for hydroxylation is 1. The molecule has 82 valence electrons. The smallest absolute Gasteiger partial charge is 0.270 e. The monoisotopic (exact) mass is 212 g/mol. The third-order valence-electron chi connectivity index (χ3n) is 2.20. The SMILES string of the molecule is CC(=O)CCc1cccc(C(C)(F)F)c1. The van der Waals surface area contributed by atoms with Crippen LogP contribution in [0.5, 0.6) is 0 Å². The van der Waals surface area contributed by atoms with E-state index >= 15 is 0 Å². The molecule has 0 amide bonds. The minimum atomic E-state index is -2.81. The molecular weight excluding hydrogens is 198 g/mol. The van der Waals surface area contributed by atoms with E-state index in [-0.39, 0.29) is 11.3 Å². The third kappa shape index (κ3) is 3.78. The Hall–Kier alpha value is -1.25. The van der Waals surface area contributed by atoms with Gasteiger partial charge in [0.1, 0.15) is 5.78 Å². The quantitative estimate of drug-likeness (QED) is 0.748. The van der Waals surface area contributed by atoms with E-state index in [1.54, 1.807) is 12.1 Å². The zero-order valence-electron chi connectivity index (χ0n) is 8.89. The standard InChI is InChI=1S/C12H14F2O/c1-9(15)6-7-10-4-3-5-11(8-10)12(2,13)14/h3-5,8H,6-7H2,1-2H3. The molecule has 0 aliphatic heterocycles. The topological polar surface area (TPSA) is 17.1 Å². The van der Waals surface area contributed by atoms with Crippen molar-refractivity contribution in [2.45, 2.75) is 32.6 Å². The normalized spacial score (nSPS) is 11.5. The Bertz CT molecular complexity index is 353. The fourth-order valence-electron chi connectivity index (χ4n) is 1.32. The van der Waals surface area contributed by atoms with Gasteiger partial charge in [0.2, 0.25) is 0 Å². The van der Waals surface area contributed by atoms with Gasteiger partial charge in [0.05, 0.1) is 0 Å². The summed E-state index contributed by atoms with van der Waals surface area (Å²) in [4.78, 5) is 10.8. The number of benzene rings is 1. The molecule has 0 heterocycles. The molecule has 0 unspecified atom stereocenters. The van der Waals surface area contributed by atoms with Gasteiger partial charge >= 0.3 is 0 Å². The maximum absolute atomic E-state index is 13.0. The van der Waals surface area contributed by atoms with E-state index in [1.165, 1.54) is 19.1 Å². The average molecular weight is 212 g/mol. The van der Waals surface area contributed by atoms with E-state index in [9.17, 15) is 13.6 Å². The number of Topliss-reactive ketones (excluding diaryl/α,β-unsaturated/α-hetero) is 1. The Balaban J connectivity index is 2.79. The lowest BCUT2D eigenvalue weighted by molar-refractivity contribution is -0.116. The number of rotatable bonds is 4. The maximum Gasteiger partial charge on any atom is 0.270 e. The lowest BCUT2D eigenvalue weighted by Crippen LogP contribution is -2.07. The van der Waals surface area contributed by atoms with Crippen molar-refractivity contribution in [1.29, 1.82) is 0 Å². The molecule has 0 N–H and O–H groups in total. The highest BCUT2D eigenvalue weighted by Crippen LogP contribution is 2.27. The molecule has 0 aliphatic carbocycles. The summed E-state index contributed by atoms with van der Waals surface area (Å²) in [6.07, 6.45) is 0.929. The van der Waals surface area contributed by atoms with Gasteiger partial charge in [-0.25, -0.2) is 8.78 Å². The summed E-state index contributed by atoms with van der Waals surface area (Å²) >= 11 is 0. The number of carbonyl (C=O) groups is 1. The first-order chi connectivity index (χ1) is 6.89. The molecular formula is C12H14F2O. The van der Waals surface area contributed by atoms with Gasteiger partial charge in [-0.3, -0.25) is 0 Å². The molecule has 1 nitrogen and oxygen atoms in total. The van der Waals surface area contributed by atoms with Gasteiger partial charge in [-0.15, -0.1) is 0 Å². The number of hydrogen-bond acceptors (Lipinski definition) is 1. The molecule has 15 heavy (non-hydrogen) atoms. The van der Waals surface area contributed by atoms with Crippen molar-refractivity contribution in [3.05, 3.63) is 35.4 Å². The Morgan fingerprint density at radius 2 is 2.07 bits per heavy atom. The zero-order valence-corrected chi connectivity index (χ0v) is 8.89. The molecule has 0 aromatic heterocycles. The number of hydrogen-bond donors (Lipinski definition) is 0. The van der Waals surface area contributed by atoms with Crippen LogP contribution >= 0.6 is 0 Å². The van der Waals surface area contributed by atoms with Crippen molar-refractivity contribution in [3.63, 3.8) is 0 Å². The third-order valence-corrected chi connectivity index (χ3v) is 2.20. The van der Waals surface area contributed by atoms with Gasteiger partial charge in [0.25, 0.3) is 5.92 Å². The van der Waals surface area contributed by atoms with Crippen LogP contribution in [0.25, 0.3) is 0 Å². The minimum absolute atomic E-state index is 0.00329. The van der Waals surface area contributed by atoms with Crippen LogP contribution in [0.4, 0.5) is 8.78 Å². The van der Waals surface area contributed by atoms with Gasteiger partial charge in [0.15, 0.2) is 0 Å². The van der Waals surface area contributed by atoms with Crippen LogP contribution in [-0.4, -0.2) is 5.78 Å². The van der Waals surface area contributed by atoms with E-state index in [0.717, 1.165) is 12.5 Å². The molecule has 3 heteroatoms. The van der Waals surface area contributed by atoms with Crippen LogP contribution in [0.2, 0.25) is 0 Å². The van der Waals surface area contributed by atoms with Crippen molar-refractivity contribution < 1.29 is 13.6 Å². The number of carbonyl (C=O) groups excluding carboxylic acids is 1. The summed E-state index contributed by atoms with van der Waals surface area (Å²) in [7, 11) is 0. The van der Waals surface area contributed by atoms with Gasteiger partial charge in [-0.1, -0.05) is 18.2 Å². The van der Waals surface area contributed by atoms with Gasteiger partial charge in [-0.2, -0.15) is 0 Å². The van der Waals surface area contributed by atoms with Crippen LogP contribution in [0.1, 0.15) is 31.4 Å². The van der Waals surface area contributed by atoms with Gasteiger partial charge in [-0.05, 0) is 25.0 Å². The second-order valence-electron chi connectivity index (χ2n) is 3.79. The van der Waals surface area contributed by atoms with E-state index in [2.05, 4.69) is 0 Å². The van der Waals surface area contributed by atoms with Crippen LogP contribution in [0.3, 0.4) is 0 Å². The van der Waals surface area contributed by atoms with E-state index < -0.39 is 5.92 Å². The van der Waals surface area contributed by atoms with Gasteiger partial charge in [0, 0.05) is 18.9 Å². The van der Waals surface area contributed by atoms with Crippen molar-refractivity contribution in [2.24, 2.45) is 0 Å². The summed E-state index contributed by atoms with van der Waals surface area (Å²) in [5.74, 6) is -2.74. The molecule has 0 aliphatic rings. The first-order valence-corrected chi connectivity index (χ1v) is 4.86. The van der Waals surface area contributed by atoms with Crippen molar-refractivity contribution in [3.8, 4) is 0 Å². The first-order valence-electron chi connectivity index (χ1n) is 4.86. The predicted molar refractivity (Wildman–Crippen MR) is 55.0 cm³/mol. The van der Waals surface area contributed by atoms with Gasteiger partial charge < -0.3 is 4.79 Å². The highest BCUT2D eigenvalue weighted by Gasteiger charge is 2.23. The highest BCUT2D eigenvalue weighted by atomic mass is 19.3. The van der Waals surface area contributed by atoms with E-state index in [4.69, 9.17) is 0 Å². The fourth-order valence-corrected chi connectivity index (χ4v) is 1.32. The summed E-state index contributed by atoms with van der Waals surface area (Å²) < 4.78 is 25.9. The minimum Gasteiger partial charge on any atom is -0.300 e. The zero-order chi connectivity index (χ0) is 11.5. The lowest BCUT2D eigenvalue weighted by Gasteiger charge is -2.11. The molecule has 0 saturated carbocycles. The molecule has 0 bridgehead atoms. The Morgan fingerprint density at radius 3 is 2.60 bits per heavy atom. The average Bonchev–Trinajstić information content (AvgIpc) is 2.14. The lowest BCUT2D eigenvalue weighted by atomic mass is 10.0. The molecule has 0 radical (unpaired) electrons. The van der Waals surface area contributed by atoms with E-state index in [1.807, 2.05) is 0 Å². The first kappa shape index (κ1) is 11.8. The second kappa shape index (κ2) is 4.51. The predicted octanol–water partition coefficient (Wildman–Crippen LogP) is 3.32. The summed E-state index contributed by atoms with van der Waals surface area (Å²) in [5.41, 5.74) is 0.785. The van der Waals surface area contributed by atoms with Crippen LogP contribution in [0.15, 0.2) is 24.3 Å². The van der Waals surface area contributed by atoms with Crippen molar-refractivity contribution in [1.82, 2.24) is 0 Å². The Kier molecular flexibility index (Phi) is 3.56. The number of ketones is 1. The molecule has 0 atom stereocenters. The maximum atomic E-state index is 13.0. The second-order valence-corrected chi connectivity index (χ2v) is 3.79. The fraction of sp³-hybridized carbons (Fsp3) is 0.417. The van der Waals surface area contributed by atoms with Crippen molar-refractivity contribution in [2.75, 3.05) is 0 Å².